The van der Waals surface area contributed by atoms with Crippen molar-refractivity contribution in [3.63, 3.8) is 0 Å². The zero-order valence-corrected chi connectivity index (χ0v) is 9.88. The maximum atomic E-state index is 12.5. The van der Waals surface area contributed by atoms with Crippen molar-refractivity contribution in [1.82, 2.24) is 4.98 Å². The van der Waals surface area contributed by atoms with E-state index in [0.29, 0.717) is 3.57 Å². The molecule has 1 heterocycles. The third-order valence-electron chi connectivity index (χ3n) is 1.53. The van der Waals surface area contributed by atoms with Crippen LogP contribution in [0, 0.1) is 14.9 Å². The molecule has 0 saturated carbocycles. The number of pyridine rings is 1. The molecule has 0 N–H and O–H groups in total. The Morgan fingerprint density at radius 1 is 1.67 bits per heavy atom. The van der Waals surface area contributed by atoms with Crippen molar-refractivity contribution in [2.45, 2.75) is 6.43 Å². The Labute approximate surface area is 102 Å². The molecule has 0 radical (unpaired) electrons. The summed E-state index contributed by atoms with van der Waals surface area (Å²) in [5.41, 5.74) is -1.27. The number of hydrogen-bond acceptors (Lipinski definition) is 3. The van der Waals surface area contributed by atoms with E-state index in [2.05, 4.69) is 4.98 Å². The summed E-state index contributed by atoms with van der Waals surface area (Å²) in [4.78, 5) is 14.2. The largest absolute Gasteiger partial charge is 0.281 e. The van der Waals surface area contributed by atoms with E-state index in [4.69, 9.17) is 16.9 Å². The van der Waals surface area contributed by atoms with Crippen LogP contribution in [-0.4, -0.2) is 10.2 Å². The molecule has 15 heavy (non-hydrogen) atoms. The van der Waals surface area contributed by atoms with Gasteiger partial charge in [-0.15, -0.1) is 0 Å². The van der Waals surface area contributed by atoms with Crippen LogP contribution < -0.4 is 0 Å². The number of rotatable bonds is 2. The van der Waals surface area contributed by atoms with Crippen LogP contribution in [0.2, 0.25) is 0 Å². The molecule has 0 saturated heterocycles. The van der Waals surface area contributed by atoms with Crippen molar-refractivity contribution in [1.29, 1.82) is 5.26 Å². The summed E-state index contributed by atoms with van der Waals surface area (Å²) in [6.45, 7) is 0. The number of alkyl halides is 2. The zero-order valence-electron chi connectivity index (χ0n) is 6.97. The van der Waals surface area contributed by atoms with Crippen LogP contribution in [0.25, 0.3) is 0 Å². The van der Waals surface area contributed by atoms with Crippen molar-refractivity contribution >= 4 is 39.4 Å². The third-order valence-corrected chi connectivity index (χ3v) is 2.56. The van der Waals surface area contributed by atoms with E-state index in [1.54, 1.807) is 28.7 Å². The predicted octanol–water partition coefficient (Wildman–Crippen LogP) is 2.87. The predicted molar refractivity (Wildman–Crippen MR) is 56.8 cm³/mol. The first-order valence-electron chi connectivity index (χ1n) is 3.56. The van der Waals surface area contributed by atoms with Crippen LogP contribution in [0.1, 0.15) is 28.2 Å². The molecule has 7 heteroatoms. The number of nitriles is 1. The van der Waals surface area contributed by atoms with Crippen molar-refractivity contribution in [3.8, 4) is 6.07 Å². The summed E-state index contributed by atoms with van der Waals surface area (Å²) >= 11 is 6.84. The Morgan fingerprint density at radius 3 is 2.67 bits per heavy atom. The second-order valence-electron chi connectivity index (χ2n) is 2.44. The molecule has 1 aromatic heterocycles. The van der Waals surface area contributed by atoms with Gasteiger partial charge in [0.05, 0.1) is 9.13 Å². The molecule has 0 atom stereocenters. The molecule has 0 aromatic carbocycles. The van der Waals surface area contributed by atoms with Gasteiger partial charge in [-0.05, 0) is 40.3 Å². The lowest BCUT2D eigenvalue weighted by Gasteiger charge is -2.05. The smallest absolute Gasteiger partial charge is 0.276 e. The average Bonchev–Trinajstić information content (AvgIpc) is 2.16. The fourth-order valence-electron chi connectivity index (χ4n) is 0.905. The summed E-state index contributed by atoms with van der Waals surface area (Å²) < 4.78 is 25.2. The molecule has 0 aliphatic rings. The molecule has 0 spiro atoms. The normalized spacial score (nSPS) is 10.1. The van der Waals surface area contributed by atoms with Gasteiger partial charge in [-0.3, -0.25) is 4.79 Å². The molecular weight excluding hydrogens is 340 g/mol. The van der Waals surface area contributed by atoms with Crippen LogP contribution in [0.3, 0.4) is 0 Å². The van der Waals surface area contributed by atoms with E-state index < -0.39 is 17.4 Å². The van der Waals surface area contributed by atoms with Gasteiger partial charge in [0, 0.05) is 0 Å². The topological polar surface area (TPSA) is 53.8 Å². The van der Waals surface area contributed by atoms with Crippen molar-refractivity contribution in [2.24, 2.45) is 0 Å². The van der Waals surface area contributed by atoms with E-state index in [1.165, 1.54) is 0 Å². The van der Waals surface area contributed by atoms with Crippen LogP contribution >= 0.6 is 34.2 Å². The second-order valence-corrected chi connectivity index (χ2v) is 3.94. The molecule has 3 nitrogen and oxygen atoms in total. The average molecular weight is 342 g/mol. The van der Waals surface area contributed by atoms with Crippen LogP contribution in [-0.2, 0) is 0 Å². The molecule has 0 bridgehead atoms. The minimum Gasteiger partial charge on any atom is -0.276 e. The first-order valence-corrected chi connectivity index (χ1v) is 5.01. The monoisotopic (exact) mass is 342 g/mol. The number of carbonyl (C=O) groups is 1. The highest BCUT2D eigenvalue weighted by Crippen LogP contribution is 2.25. The van der Waals surface area contributed by atoms with Crippen molar-refractivity contribution in [3.05, 3.63) is 26.6 Å². The summed E-state index contributed by atoms with van der Waals surface area (Å²) in [5, 5.41) is 7.56. The van der Waals surface area contributed by atoms with Gasteiger partial charge in [-0.2, -0.15) is 5.26 Å². The molecule has 0 aliphatic carbocycles. The lowest BCUT2D eigenvalue weighted by Crippen LogP contribution is -2.05. The molecular formula is C8H2ClF2IN2O. The summed E-state index contributed by atoms with van der Waals surface area (Å²) in [7, 11) is 0. The highest BCUT2D eigenvalue weighted by atomic mass is 127. The standard InChI is InChI=1S/C8H2ClF2IN2O/c9-7(15)3-1-4(12)5(2-13)14-6(3)8(10)11/h1,8H. The number of halogens is 4. The van der Waals surface area contributed by atoms with E-state index in [-0.39, 0.29) is 11.3 Å². The summed E-state index contributed by atoms with van der Waals surface area (Å²) in [6, 6.07) is 2.78. The fourth-order valence-corrected chi connectivity index (χ4v) is 1.61. The minimum atomic E-state index is -2.94. The second kappa shape index (κ2) is 4.81. The molecule has 78 valence electrons. The molecule has 0 aliphatic heterocycles. The first kappa shape index (κ1) is 12.3. The zero-order chi connectivity index (χ0) is 11.6. The molecule has 1 aromatic rings. The SMILES string of the molecule is N#Cc1nc(C(F)F)c(C(=O)Cl)cc1I. The van der Waals surface area contributed by atoms with Gasteiger partial charge < -0.3 is 0 Å². The number of carbonyl (C=O) groups excluding carboxylic acids is 1. The maximum absolute atomic E-state index is 12.5. The Kier molecular flexibility index (Phi) is 3.93. The molecule has 0 amide bonds. The Balaban J connectivity index is 3.47. The molecule has 1 rings (SSSR count). The number of hydrogen-bond donors (Lipinski definition) is 0. The van der Waals surface area contributed by atoms with E-state index in [1.807, 2.05) is 0 Å². The lowest BCUT2D eigenvalue weighted by atomic mass is 10.2. The van der Waals surface area contributed by atoms with Crippen LogP contribution in [0.5, 0.6) is 0 Å². The van der Waals surface area contributed by atoms with Gasteiger partial charge in [0.15, 0.2) is 5.69 Å². The van der Waals surface area contributed by atoms with Gasteiger partial charge in [0.1, 0.15) is 11.8 Å². The van der Waals surface area contributed by atoms with E-state index in [0.717, 1.165) is 6.07 Å². The first-order chi connectivity index (χ1) is 6.97. The lowest BCUT2D eigenvalue weighted by molar-refractivity contribution is 0.106. The summed E-state index contributed by atoms with van der Waals surface area (Å²) in [5.74, 6) is 0. The molecule has 0 unspecified atom stereocenters. The van der Waals surface area contributed by atoms with Crippen molar-refractivity contribution in [2.75, 3.05) is 0 Å². The van der Waals surface area contributed by atoms with Gasteiger partial charge in [0.2, 0.25) is 0 Å². The highest BCUT2D eigenvalue weighted by molar-refractivity contribution is 14.1. The van der Waals surface area contributed by atoms with E-state index in [9.17, 15) is 13.6 Å². The maximum Gasteiger partial charge on any atom is 0.281 e. The Bertz CT molecular complexity index is 459. The van der Waals surface area contributed by atoms with Crippen LogP contribution in [0.15, 0.2) is 6.07 Å². The van der Waals surface area contributed by atoms with Crippen molar-refractivity contribution < 1.29 is 13.6 Å². The van der Waals surface area contributed by atoms with Crippen LogP contribution in [0.4, 0.5) is 8.78 Å². The Morgan fingerprint density at radius 2 is 2.27 bits per heavy atom. The summed E-state index contributed by atoms with van der Waals surface area (Å²) in [6.07, 6.45) is -2.94. The van der Waals surface area contributed by atoms with Gasteiger partial charge in [-0.1, -0.05) is 0 Å². The highest BCUT2D eigenvalue weighted by Gasteiger charge is 2.21. The van der Waals surface area contributed by atoms with Gasteiger partial charge >= 0.3 is 0 Å². The Hall–Kier alpha value is -0.810. The van der Waals surface area contributed by atoms with E-state index >= 15 is 0 Å². The third kappa shape index (κ3) is 2.60. The number of aromatic nitrogens is 1. The quantitative estimate of drug-likeness (QED) is 0.613. The number of nitrogens with zero attached hydrogens (tertiary/aromatic N) is 2. The fraction of sp³-hybridized carbons (Fsp3) is 0.125. The van der Waals surface area contributed by atoms with Gasteiger partial charge in [-0.25, -0.2) is 13.8 Å². The van der Waals surface area contributed by atoms with Gasteiger partial charge in [0.25, 0.3) is 11.7 Å². The molecule has 0 fully saturated rings. The minimum absolute atomic E-state index is 0.146.